The molecule has 0 unspecified atom stereocenters. The molecule has 1 fully saturated rings. The largest absolute Gasteiger partial charge is 0.338 e. The third-order valence-corrected chi connectivity index (χ3v) is 7.39. The number of hydrogen-bond donors (Lipinski definition) is 2. The molecule has 2 amide bonds. The van der Waals surface area contributed by atoms with Gasteiger partial charge >= 0.3 is 6.03 Å². The quantitative estimate of drug-likeness (QED) is 0.711. The molecule has 2 aromatic rings. The fraction of sp³-hybridized carbons (Fsp3) is 0.381. The first-order valence-corrected chi connectivity index (χ1v) is 11.5. The number of sulfonamides is 1. The Kier molecular flexibility index (Phi) is 7.16. The molecule has 6 nitrogen and oxygen atoms in total. The maximum absolute atomic E-state index is 12.7. The van der Waals surface area contributed by atoms with Crippen LogP contribution in [0.2, 0.25) is 5.02 Å². The molecule has 0 saturated carbocycles. The minimum absolute atomic E-state index is 0.292. The van der Waals surface area contributed by atoms with E-state index in [1.165, 1.54) is 0 Å². The van der Waals surface area contributed by atoms with E-state index in [1.54, 1.807) is 46.8 Å². The number of nitrogens with zero attached hydrogens (tertiary/aromatic N) is 1. The summed E-state index contributed by atoms with van der Waals surface area (Å²) >= 11 is 6.13. The Morgan fingerprint density at radius 3 is 2.48 bits per heavy atom. The van der Waals surface area contributed by atoms with E-state index < -0.39 is 10.0 Å². The molecule has 0 aliphatic carbocycles. The van der Waals surface area contributed by atoms with E-state index >= 15 is 0 Å². The fourth-order valence-corrected chi connectivity index (χ4v) is 5.23. The smallest absolute Gasteiger partial charge is 0.319 e. The van der Waals surface area contributed by atoms with E-state index in [0.717, 1.165) is 24.8 Å². The van der Waals surface area contributed by atoms with Crippen LogP contribution in [0.3, 0.4) is 0 Å². The summed E-state index contributed by atoms with van der Waals surface area (Å²) in [7, 11) is -3.42. The summed E-state index contributed by atoms with van der Waals surface area (Å²) in [4.78, 5) is 12.4. The van der Waals surface area contributed by atoms with Crippen LogP contribution in [0.25, 0.3) is 0 Å². The second kappa shape index (κ2) is 9.61. The van der Waals surface area contributed by atoms with E-state index in [2.05, 4.69) is 10.6 Å². The number of hydrogen-bond acceptors (Lipinski definition) is 3. The van der Waals surface area contributed by atoms with Gasteiger partial charge in [0, 0.05) is 19.6 Å². The Morgan fingerprint density at radius 2 is 1.83 bits per heavy atom. The van der Waals surface area contributed by atoms with Crippen LogP contribution in [0, 0.1) is 12.8 Å². The van der Waals surface area contributed by atoms with Crippen LogP contribution in [-0.4, -0.2) is 38.4 Å². The molecule has 3 rings (SSSR count). The lowest BCUT2D eigenvalue weighted by Crippen LogP contribution is -2.39. The van der Waals surface area contributed by atoms with Crippen LogP contribution in [0.15, 0.2) is 53.4 Å². The predicted octanol–water partition coefficient (Wildman–Crippen LogP) is 4.26. The van der Waals surface area contributed by atoms with Crippen molar-refractivity contribution in [3.8, 4) is 0 Å². The molecule has 0 radical (unpaired) electrons. The molecule has 29 heavy (non-hydrogen) atoms. The first-order chi connectivity index (χ1) is 13.9. The van der Waals surface area contributed by atoms with Gasteiger partial charge in [0.05, 0.1) is 15.6 Å². The van der Waals surface area contributed by atoms with E-state index in [4.69, 9.17) is 11.6 Å². The van der Waals surface area contributed by atoms with Gasteiger partial charge in [-0.25, -0.2) is 13.2 Å². The zero-order valence-electron chi connectivity index (χ0n) is 16.4. The van der Waals surface area contributed by atoms with Crippen molar-refractivity contribution in [3.05, 3.63) is 59.1 Å². The molecular formula is C21H26ClN3O3S. The number of carbonyl (C=O) groups excluding carboxylic acids is 1. The maximum atomic E-state index is 12.7. The third kappa shape index (κ3) is 5.72. The topological polar surface area (TPSA) is 78.5 Å². The lowest BCUT2D eigenvalue weighted by Gasteiger charge is -2.31. The van der Waals surface area contributed by atoms with E-state index in [9.17, 15) is 13.2 Å². The Morgan fingerprint density at radius 1 is 1.14 bits per heavy atom. The predicted molar refractivity (Wildman–Crippen MR) is 116 cm³/mol. The number of benzene rings is 2. The summed E-state index contributed by atoms with van der Waals surface area (Å²) in [6.07, 6.45) is 2.40. The number of piperidine rings is 1. The number of halogens is 1. The highest BCUT2D eigenvalue weighted by atomic mass is 35.5. The Balaban J connectivity index is 1.41. The van der Waals surface area contributed by atoms with Crippen molar-refractivity contribution >= 4 is 33.3 Å². The van der Waals surface area contributed by atoms with Crippen molar-refractivity contribution in [2.45, 2.75) is 31.1 Å². The number of urea groups is 1. The molecular weight excluding hydrogens is 410 g/mol. The second-order valence-electron chi connectivity index (χ2n) is 7.31. The molecule has 1 heterocycles. The minimum atomic E-state index is -3.42. The Bertz CT molecular complexity index is 943. The number of aryl methyl sites for hydroxylation is 1. The SMILES string of the molecule is Cc1ccc(NC(=O)NCCC2CCN(S(=O)(=O)c3ccccc3)CC2)c(Cl)c1. The van der Waals surface area contributed by atoms with Crippen molar-refractivity contribution in [2.75, 3.05) is 25.0 Å². The zero-order chi connectivity index (χ0) is 20.9. The van der Waals surface area contributed by atoms with Crippen LogP contribution in [0.1, 0.15) is 24.8 Å². The van der Waals surface area contributed by atoms with Gasteiger partial charge < -0.3 is 10.6 Å². The van der Waals surface area contributed by atoms with Gasteiger partial charge in [0.25, 0.3) is 0 Å². The highest BCUT2D eigenvalue weighted by Gasteiger charge is 2.29. The summed E-state index contributed by atoms with van der Waals surface area (Å²) in [5.74, 6) is 0.389. The second-order valence-corrected chi connectivity index (χ2v) is 9.66. The molecule has 1 saturated heterocycles. The fourth-order valence-electron chi connectivity index (χ4n) is 3.46. The summed E-state index contributed by atoms with van der Waals surface area (Å²) < 4.78 is 26.9. The molecule has 0 spiro atoms. The zero-order valence-corrected chi connectivity index (χ0v) is 18.0. The van der Waals surface area contributed by atoms with Crippen LogP contribution in [0.5, 0.6) is 0 Å². The summed E-state index contributed by atoms with van der Waals surface area (Å²) in [5.41, 5.74) is 1.61. The lowest BCUT2D eigenvalue weighted by molar-refractivity contribution is 0.245. The minimum Gasteiger partial charge on any atom is -0.338 e. The summed E-state index contributed by atoms with van der Waals surface area (Å²) in [6.45, 7) is 3.48. The van der Waals surface area contributed by atoms with Crippen molar-refractivity contribution in [3.63, 3.8) is 0 Å². The van der Waals surface area contributed by atoms with Gasteiger partial charge in [0.15, 0.2) is 0 Å². The van der Waals surface area contributed by atoms with E-state index in [0.29, 0.717) is 41.2 Å². The molecule has 2 N–H and O–H groups in total. The molecule has 0 aromatic heterocycles. The van der Waals surface area contributed by atoms with Gasteiger partial charge in [0.1, 0.15) is 0 Å². The van der Waals surface area contributed by atoms with Crippen molar-refractivity contribution < 1.29 is 13.2 Å². The monoisotopic (exact) mass is 435 g/mol. The number of carbonyl (C=O) groups is 1. The van der Waals surface area contributed by atoms with Gasteiger partial charge in [0.2, 0.25) is 10.0 Å². The van der Waals surface area contributed by atoms with Crippen LogP contribution in [-0.2, 0) is 10.0 Å². The van der Waals surface area contributed by atoms with Crippen LogP contribution < -0.4 is 10.6 Å². The van der Waals surface area contributed by atoms with Gasteiger partial charge in [-0.3, -0.25) is 0 Å². The molecule has 156 valence electrons. The third-order valence-electron chi connectivity index (χ3n) is 5.17. The highest BCUT2D eigenvalue weighted by Crippen LogP contribution is 2.25. The number of anilines is 1. The van der Waals surface area contributed by atoms with Crippen molar-refractivity contribution in [1.82, 2.24) is 9.62 Å². The van der Waals surface area contributed by atoms with E-state index in [1.807, 2.05) is 13.0 Å². The van der Waals surface area contributed by atoms with Crippen LogP contribution in [0.4, 0.5) is 10.5 Å². The van der Waals surface area contributed by atoms with Gasteiger partial charge in [-0.2, -0.15) is 4.31 Å². The van der Waals surface area contributed by atoms with E-state index in [-0.39, 0.29) is 6.03 Å². The van der Waals surface area contributed by atoms with Crippen molar-refractivity contribution in [2.24, 2.45) is 5.92 Å². The van der Waals surface area contributed by atoms with Gasteiger partial charge in [-0.1, -0.05) is 35.9 Å². The van der Waals surface area contributed by atoms with Gasteiger partial charge in [-0.15, -0.1) is 0 Å². The number of nitrogens with one attached hydrogen (secondary N) is 2. The molecule has 8 heteroatoms. The maximum Gasteiger partial charge on any atom is 0.319 e. The summed E-state index contributed by atoms with van der Waals surface area (Å²) in [5, 5.41) is 6.10. The summed E-state index contributed by atoms with van der Waals surface area (Å²) in [6, 6.07) is 13.7. The molecule has 1 aliphatic rings. The molecule has 0 bridgehead atoms. The lowest BCUT2D eigenvalue weighted by atomic mass is 9.95. The standard InChI is InChI=1S/C21H26ClN3O3S/c1-16-7-8-20(19(22)15-16)24-21(26)23-12-9-17-10-13-25(14-11-17)29(27,28)18-5-3-2-4-6-18/h2-8,15,17H,9-14H2,1H3,(H2,23,24,26). The average molecular weight is 436 g/mol. The average Bonchev–Trinajstić information content (AvgIpc) is 2.71. The molecule has 2 aromatic carbocycles. The van der Waals surface area contributed by atoms with Crippen molar-refractivity contribution in [1.29, 1.82) is 0 Å². The highest BCUT2D eigenvalue weighted by molar-refractivity contribution is 7.89. The molecule has 0 atom stereocenters. The molecule has 1 aliphatic heterocycles. The van der Waals surface area contributed by atoms with Crippen LogP contribution >= 0.6 is 11.6 Å². The number of rotatable bonds is 6. The first-order valence-electron chi connectivity index (χ1n) is 9.72. The normalized spacial score (nSPS) is 15.8. The first kappa shape index (κ1) is 21.6. The van der Waals surface area contributed by atoms with Gasteiger partial charge in [-0.05, 0) is 61.9 Å². The number of amides is 2. The Hall–Kier alpha value is -2.09. The Labute approximate surface area is 177 Å².